The third kappa shape index (κ3) is 4.40. The molecule has 0 spiro atoms. The van der Waals surface area contributed by atoms with Crippen LogP contribution in [0.25, 0.3) is 44.2 Å². The lowest BCUT2D eigenvalue weighted by atomic mass is 9.95. The molecular weight excluding hydrogens is 400 g/mol. The fourth-order valence-corrected chi connectivity index (χ4v) is 4.23. The van der Waals surface area contributed by atoms with Gasteiger partial charge in [0.25, 0.3) is 0 Å². The lowest BCUT2D eigenvalue weighted by molar-refractivity contribution is 0.670. The van der Waals surface area contributed by atoms with E-state index in [0.29, 0.717) is 0 Å². The van der Waals surface area contributed by atoms with Crippen LogP contribution in [0.2, 0.25) is 0 Å². The lowest BCUT2D eigenvalue weighted by Gasteiger charge is -2.09. The number of hydrogen-bond acceptors (Lipinski definition) is 1. The minimum Gasteiger partial charge on any atom is -0.455 e. The predicted molar refractivity (Wildman–Crippen MR) is 144 cm³/mol. The highest BCUT2D eigenvalue weighted by molar-refractivity contribution is 6.11. The van der Waals surface area contributed by atoms with Crippen molar-refractivity contribution in [2.24, 2.45) is 0 Å². The zero-order chi connectivity index (χ0) is 23.4. The Balaban J connectivity index is 0.00000126. The van der Waals surface area contributed by atoms with E-state index in [1.807, 2.05) is 44.2 Å². The number of fused-ring (bicyclic) bond motifs is 3. The molecule has 0 radical (unpaired) electrons. The van der Waals surface area contributed by atoms with E-state index in [4.69, 9.17) is 4.42 Å². The van der Waals surface area contributed by atoms with Crippen molar-refractivity contribution in [2.45, 2.75) is 27.7 Å². The number of furan rings is 1. The van der Waals surface area contributed by atoms with Gasteiger partial charge >= 0.3 is 0 Å². The van der Waals surface area contributed by atoms with Gasteiger partial charge < -0.3 is 4.42 Å². The molecule has 0 aliphatic heterocycles. The quantitative estimate of drug-likeness (QED) is 0.259. The molecule has 0 amide bonds. The Morgan fingerprint density at radius 2 is 1.48 bits per heavy atom. The molecule has 0 saturated heterocycles. The summed E-state index contributed by atoms with van der Waals surface area (Å²) in [5, 5.41) is 2.37. The fraction of sp³-hybridized carbons (Fsp3) is 0.125. The molecule has 164 valence electrons. The number of hydrogen-bond donors (Lipinski definition) is 0. The summed E-state index contributed by atoms with van der Waals surface area (Å²) in [6, 6.07) is 31.6. The van der Waals surface area contributed by atoms with Gasteiger partial charge in [-0.15, -0.1) is 0 Å². The van der Waals surface area contributed by atoms with E-state index in [9.17, 15) is 0 Å². The molecule has 33 heavy (non-hydrogen) atoms. The van der Waals surface area contributed by atoms with Gasteiger partial charge in [0.1, 0.15) is 11.2 Å². The van der Waals surface area contributed by atoms with Crippen molar-refractivity contribution in [3.8, 4) is 11.1 Å². The monoisotopic (exact) mass is 430 g/mol. The highest BCUT2D eigenvalue weighted by Crippen LogP contribution is 2.38. The molecule has 0 aliphatic carbocycles. The van der Waals surface area contributed by atoms with Crippen molar-refractivity contribution in [1.82, 2.24) is 0 Å². The van der Waals surface area contributed by atoms with Gasteiger partial charge in [-0.1, -0.05) is 105 Å². The first-order valence-corrected chi connectivity index (χ1v) is 11.6. The molecule has 1 nitrogen and oxygen atoms in total. The minimum absolute atomic E-state index is 0.930. The van der Waals surface area contributed by atoms with Crippen LogP contribution >= 0.6 is 0 Å². The molecule has 1 heteroatoms. The molecule has 0 N–H and O–H groups in total. The summed E-state index contributed by atoms with van der Waals surface area (Å²) in [5.74, 6) is 0. The van der Waals surface area contributed by atoms with Gasteiger partial charge in [-0.3, -0.25) is 0 Å². The lowest BCUT2D eigenvalue weighted by Crippen LogP contribution is -1.86. The molecule has 4 aromatic carbocycles. The Kier molecular flexibility index (Phi) is 6.60. The summed E-state index contributed by atoms with van der Waals surface area (Å²) in [4.78, 5) is 0. The van der Waals surface area contributed by atoms with Gasteiger partial charge in [0.05, 0.1) is 0 Å². The second kappa shape index (κ2) is 9.75. The number of para-hydroxylation sites is 1. The second-order valence-electron chi connectivity index (χ2n) is 8.03. The molecule has 5 rings (SSSR count). The summed E-state index contributed by atoms with van der Waals surface area (Å²) in [7, 11) is 0. The molecule has 1 aromatic heterocycles. The minimum atomic E-state index is 0.930. The van der Waals surface area contributed by atoms with E-state index in [-0.39, 0.29) is 0 Å². The van der Waals surface area contributed by atoms with E-state index >= 15 is 0 Å². The Morgan fingerprint density at radius 3 is 2.27 bits per heavy atom. The second-order valence-corrected chi connectivity index (χ2v) is 8.03. The summed E-state index contributed by atoms with van der Waals surface area (Å²) in [5.41, 5.74) is 9.90. The normalized spacial score (nSPS) is 11.3. The molecule has 0 unspecified atom stereocenters. The van der Waals surface area contributed by atoms with Gasteiger partial charge in [0.15, 0.2) is 0 Å². The Bertz CT molecular complexity index is 1450. The summed E-state index contributed by atoms with van der Waals surface area (Å²) < 4.78 is 6.31. The Hall–Kier alpha value is -3.84. The van der Waals surface area contributed by atoms with Crippen molar-refractivity contribution in [2.75, 3.05) is 0 Å². The average molecular weight is 431 g/mol. The van der Waals surface area contributed by atoms with Crippen LogP contribution in [0.5, 0.6) is 0 Å². The van der Waals surface area contributed by atoms with Crippen LogP contribution in [0.1, 0.15) is 37.5 Å². The first-order valence-electron chi connectivity index (χ1n) is 11.6. The van der Waals surface area contributed by atoms with Crippen LogP contribution in [0.4, 0.5) is 0 Å². The van der Waals surface area contributed by atoms with Gasteiger partial charge in [0, 0.05) is 16.3 Å². The first kappa shape index (κ1) is 22.4. The van der Waals surface area contributed by atoms with Crippen molar-refractivity contribution in [3.63, 3.8) is 0 Å². The maximum atomic E-state index is 6.31. The zero-order valence-electron chi connectivity index (χ0n) is 19.9. The van der Waals surface area contributed by atoms with E-state index in [1.54, 1.807) is 0 Å². The molecule has 0 saturated carbocycles. The smallest absolute Gasteiger partial charge is 0.143 e. The standard InChI is InChI=1S/C30H24O.C2H6/c1-20-16-17-26(30-29(20)27-14-7-8-15-28(27)31-30)25-13-9-12-24(19-25)22(3)18-21(2)23-10-5-4-6-11-23;1-2/h4-19H,2H2,1,3H3;1-2H3/b22-18+;. The van der Waals surface area contributed by atoms with Crippen molar-refractivity contribution in [1.29, 1.82) is 0 Å². The largest absolute Gasteiger partial charge is 0.455 e. The van der Waals surface area contributed by atoms with Crippen LogP contribution in [0.15, 0.2) is 108 Å². The Morgan fingerprint density at radius 1 is 0.788 bits per heavy atom. The van der Waals surface area contributed by atoms with Gasteiger partial charge in [-0.25, -0.2) is 0 Å². The molecule has 0 bridgehead atoms. The summed E-state index contributed by atoms with van der Waals surface area (Å²) in [6.07, 6.45) is 2.15. The van der Waals surface area contributed by atoms with Crippen LogP contribution in [0, 0.1) is 6.92 Å². The highest BCUT2D eigenvalue weighted by Gasteiger charge is 2.14. The van der Waals surface area contributed by atoms with Gasteiger partial charge in [0.2, 0.25) is 0 Å². The van der Waals surface area contributed by atoms with Crippen LogP contribution < -0.4 is 0 Å². The molecule has 1 heterocycles. The predicted octanol–water partition coefficient (Wildman–Crippen LogP) is 9.70. The molecule has 0 aliphatic rings. The molecule has 0 atom stereocenters. The van der Waals surface area contributed by atoms with Crippen molar-refractivity contribution < 1.29 is 4.42 Å². The van der Waals surface area contributed by atoms with Crippen LogP contribution in [-0.2, 0) is 0 Å². The van der Waals surface area contributed by atoms with E-state index < -0.39 is 0 Å². The summed E-state index contributed by atoms with van der Waals surface area (Å²) >= 11 is 0. The van der Waals surface area contributed by atoms with Crippen molar-refractivity contribution >= 4 is 33.1 Å². The van der Waals surface area contributed by atoms with E-state index in [0.717, 1.165) is 33.4 Å². The third-order valence-electron chi connectivity index (χ3n) is 5.90. The summed E-state index contributed by atoms with van der Waals surface area (Å²) in [6.45, 7) is 12.5. The number of allylic oxidation sites excluding steroid dienone is 3. The number of benzene rings is 4. The first-order chi connectivity index (χ1) is 16.1. The van der Waals surface area contributed by atoms with Crippen LogP contribution in [0.3, 0.4) is 0 Å². The zero-order valence-corrected chi connectivity index (χ0v) is 19.9. The number of rotatable bonds is 4. The van der Waals surface area contributed by atoms with E-state index in [1.165, 1.54) is 27.5 Å². The van der Waals surface area contributed by atoms with E-state index in [2.05, 4.69) is 87.2 Å². The van der Waals surface area contributed by atoms with Crippen LogP contribution in [-0.4, -0.2) is 0 Å². The van der Waals surface area contributed by atoms with Gasteiger partial charge in [-0.05, 0) is 59.4 Å². The molecule has 0 fully saturated rings. The number of aryl methyl sites for hydroxylation is 1. The maximum Gasteiger partial charge on any atom is 0.143 e. The highest BCUT2D eigenvalue weighted by atomic mass is 16.3. The molecular formula is C32H30O. The Labute approximate surface area is 196 Å². The maximum absolute atomic E-state index is 6.31. The van der Waals surface area contributed by atoms with Crippen molar-refractivity contribution in [3.05, 3.63) is 120 Å². The SMILES string of the molecule is C=C(/C=C(\C)c1cccc(-c2ccc(C)c3c2oc2ccccc23)c1)c1ccccc1.CC. The topological polar surface area (TPSA) is 13.1 Å². The third-order valence-corrected chi connectivity index (χ3v) is 5.90. The fourth-order valence-electron chi connectivity index (χ4n) is 4.23. The average Bonchev–Trinajstić information content (AvgIpc) is 3.26. The molecule has 5 aromatic rings. The van der Waals surface area contributed by atoms with Gasteiger partial charge in [-0.2, -0.15) is 0 Å².